The van der Waals surface area contributed by atoms with Gasteiger partial charge in [0.05, 0.1) is 0 Å². The van der Waals surface area contributed by atoms with Gasteiger partial charge in [-0.15, -0.1) is 0 Å². The molecule has 2 aliphatic carbocycles. The summed E-state index contributed by atoms with van der Waals surface area (Å²) in [5.41, 5.74) is 1.45. The van der Waals surface area contributed by atoms with E-state index in [1.807, 2.05) is 0 Å². The lowest BCUT2D eigenvalue weighted by molar-refractivity contribution is 0.502. The third kappa shape index (κ3) is 1.47. The molecule has 80 valence electrons. The number of hydrogen-bond donors (Lipinski definition) is 0. The van der Waals surface area contributed by atoms with Crippen LogP contribution in [-0.2, 0) is 0 Å². The van der Waals surface area contributed by atoms with Gasteiger partial charge < -0.3 is 0 Å². The number of allylic oxidation sites excluding steroid dienone is 2. The summed E-state index contributed by atoms with van der Waals surface area (Å²) >= 11 is 2.32. The Morgan fingerprint density at radius 2 is 2.33 bits per heavy atom. The first-order chi connectivity index (χ1) is 7.18. The Morgan fingerprint density at radius 1 is 1.53 bits per heavy atom. The molecule has 15 heavy (non-hydrogen) atoms. The van der Waals surface area contributed by atoms with Gasteiger partial charge in [-0.3, -0.25) is 4.68 Å². The normalized spacial score (nSPS) is 32.4. The zero-order chi connectivity index (χ0) is 10.6. The predicted octanol–water partition coefficient (Wildman–Crippen LogP) is 3.36. The Kier molecular flexibility index (Phi) is 2.20. The molecule has 3 atom stereocenters. The van der Waals surface area contributed by atoms with E-state index in [-0.39, 0.29) is 0 Å². The molecule has 0 spiro atoms. The van der Waals surface area contributed by atoms with Crippen LogP contribution in [0.25, 0.3) is 0 Å². The Labute approximate surface area is 104 Å². The van der Waals surface area contributed by atoms with Crippen molar-refractivity contribution in [3.63, 3.8) is 0 Å². The number of rotatable bonds is 2. The molecule has 1 saturated carbocycles. The van der Waals surface area contributed by atoms with Crippen LogP contribution < -0.4 is 0 Å². The maximum atomic E-state index is 4.58. The maximum Gasteiger partial charge on any atom is 0.123 e. The second-order valence-corrected chi connectivity index (χ2v) is 5.97. The third-order valence-corrected chi connectivity index (χ3v) is 4.09. The molecular weight excluding hydrogens is 299 g/mol. The van der Waals surface area contributed by atoms with Gasteiger partial charge in [-0.1, -0.05) is 12.2 Å². The van der Waals surface area contributed by atoms with E-state index in [1.165, 1.54) is 12.1 Å². The number of halogens is 1. The molecule has 0 amide bonds. The lowest BCUT2D eigenvalue weighted by Crippen LogP contribution is -2.07. The average molecular weight is 314 g/mol. The minimum absolute atomic E-state index is 0.480. The Morgan fingerprint density at radius 3 is 2.93 bits per heavy atom. The monoisotopic (exact) mass is 314 g/mol. The molecule has 0 N–H and O–H groups in total. The highest BCUT2D eigenvalue weighted by molar-refractivity contribution is 14.1. The lowest BCUT2D eigenvalue weighted by atomic mass is 10.1. The molecule has 1 aromatic heterocycles. The molecule has 3 rings (SSSR count). The van der Waals surface area contributed by atoms with E-state index in [1.54, 1.807) is 0 Å². The molecule has 1 heterocycles. The van der Waals surface area contributed by atoms with Crippen LogP contribution >= 0.6 is 22.6 Å². The molecule has 0 aliphatic heterocycles. The highest BCUT2D eigenvalue weighted by atomic mass is 127. The second-order valence-electron chi connectivity index (χ2n) is 4.86. The zero-order valence-corrected chi connectivity index (χ0v) is 11.2. The van der Waals surface area contributed by atoms with Gasteiger partial charge in [-0.2, -0.15) is 5.10 Å². The van der Waals surface area contributed by atoms with E-state index in [0.29, 0.717) is 6.04 Å². The summed E-state index contributed by atoms with van der Waals surface area (Å²) in [6.07, 6.45) is 5.99. The summed E-state index contributed by atoms with van der Waals surface area (Å²) in [5, 5.41) is 4.58. The van der Waals surface area contributed by atoms with E-state index < -0.39 is 0 Å². The Balaban J connectivity index is 1.95. The summed E-state index contributed by atoms with van der Waals surface area (Å²) < 4.78 is 3.34. The minimum Gasteiger partial charge on any atom is -0.266 e. The van der Waals surface area contributed by atoms with Crippen molar-refractivity contribution in [3.05, 3.63) is 27.6 Å². The topological polar surface area (TPSA) is 17.8 Å². The van der Waals surface area contributed by atoms with E-state index in [2.05, 4.69) is 64.4 Å². The number of aromatic nitrogens is 2. The first-order valence-electron chi connectivity index (χ1n) is 5.60. The first kappa shape index (κ1) is 9.87. The molecule has 0 radical (unpaired) electrons. The van der Waals surface area contributed by atoms with E-state index in [0.717, 1.165) is 21.5 Å². The van der Waals surface area contributed by atoms with Crippen molar-refractivity contribution in [2.24, 2.45) is 11.8 Å². The largest absolute Gasteiger partial charge is 0.266 e. The summed E-state index contributed by atoms with van der Waals surface area (Å²) in [5.74, 6) is 2.46. The van der Waals surface area contributed by atoms with Crippen molar-refractivity contribution in [2.45, 2.75) is 32.2 Å². The number of nitrogens with zero attached hydrogens (tertiary/aromatic N) is 2. The molecule has 1 aromatic rings. The van der Waals surface area contributed by atoms with Crippen molar-refractivity contribution in [1.29, 1.82) is 0 Å². The SMILES string of the molecule is CC(C)n1nc(I)cc1[C@@H]1[C@@H]2C=CC[C@H]21. The molecule has 2 nitrogen and oxygen atoms in total. The van der Waals surface area contributed by atoms with Crippen LogP contribution in [0.1, 0.15) is 37.9 Å². The van der Waals surface area contributed by atoms with Crippen LogP contribution in [0.3, 0.4) is 0 Å². The highest BCUT2D eigenvalue weighted by Gasteiger charge is 2.52. The van der Waals surface area contributed by atoms with Crippen molar-refractivity contribution < 1.29 is 0 Å². The van der Waals surface area contributed by atoms with Gasteiger partial charge >= 0.3 is 0 Å². The predicted molar refractivity (Wildman–Crippen MR) is 68.8 cm³/mol. The quantitative estimate of drug-likeness (QED) is 0.605. The van der Waals surface area contributed by atoms with Crippen LogP contribution in [-0.4, -0.2) is 9.78 Å². The van der Waals surface area contributed by atoms with Gasteiger partial charge in [0, 0.05) is 17.7 Å². The molecule has 2 aliphatic rings. The molecule has 3 heteroatoms. The first-order valence-corrected chi connectivity index (χ1v) is 6.68. The summed E-state index contributed by atoms with van der Waals surface area (Å²) in [6, 6.07) is 2.74. The third-order valence-electron chi connectivity index (χ3n) is 3.56. The second kappa shape index (κ2) is 3.34. The Hall–Kier alpha value is -0.320. The van der Waals surface area contributed by atoms with Gasteiger partial charge in [0.25, 0.3) is 0 Å². The van der Waals surface area contributed by atoms with Gasteiger partial charge in [-0.05, 0) is 60.8 Å². The van der Waals surface area contributed by atoms with Crippen molar-refractivity contribution >= 4 is 22.6 Å². The lowest BCUT2D eigenvalue weighted by Gasteiger charge is -2.10. The average Bonchev–Trinajstić information content (AvgIpc) is 2.62. The van der Waals surface area contributed by atoms with Gasteiger partial charge in [0.1, 0.15) is 3.70 Å². The summed E-state index contributed by atoms with van der Waals surface area (Å²) in [4.78, 5) is 0. The fourth-order valence-corrected chi connectivity index (χ4v) is 3.37. The number of fused-ring (bicyclic) bond motifs is 1. The van der Waals surface area contributed by atoms with E-state index in [9.17, 15) is 0 Å². The molecule has 0 unspecified atom stereocenters. The zero-order valence-electron chi connectivity index (χ0n) is 9.02. The fraction of sp³-hybridized carbons (Fsp3) is 0.583. The van der Waals surface area contributed by atoms with Crippen molar-refractivity contribution in [1.82, 2.24) is 9.78 Å². The molecule has 0 aromatic carbocycles. The van der Waals surface area contributed by atoms with Gasteiger partial charge in [0.2, 0.25) is 0 Å². The standard InChI is InChI=1S/C12H15IN2/c1-7(2)15-10(6-11(13)14-15)12-8-4-3-5-9(8)12/h3-4,6-9,12H,5H2,1-2H3/t8-,9-,12-/m1/s1. The fourth-order valence-electron chi connectivity index (χ4n) is 2.82. The van der Waals surface area contributed by atoms with Crippen LogP contribution in [0.2, 0.25) is 0 Å². The molecule has 0 saturated heterocycles. The molecular formula is C12H15IN2. The van der Waals surface area contributed by atoms with Gasteiger partial charge in [0.15, 0.2) is 0 Å². The van der Waals surface area contributed by atoms with Crippen molar-refractivity contribution in [2.75, 3.05) is 0 Å². The van der Waals surface area contributed by atoms with E-state index >= 15 is 0 Å². The van der Waals surface area contributed by atoms with Crippen LogP contribution in [0, 0.1) is 15.5 Å². The summed E-state index contributed by atoms with van der Waals surface area (Å²) in [7, 11) is 0. The van der Waals surface area contributed by atoms with Crippen LogP contribution in [0.5, 0.6) is 0 Å². The van der Waals surface area contributed by atoms with Gasteiger partial charge in [-0.25, -0.2) is 0 Å². The van der Waals surface area contributed by atoms with Crippen LogP contribution in [0.4, 0.5) is 0 Å². The molecule has 1 fully saturated rings. The number of hydrogen-bond acceptors (Lipinski definition) is 1. The smallest absolute Gasteiger partial charge is 0.123 e. The van der Waals surface area contributed by atoms with Crippen molar-refractivity contribution in [3.8, 4) is 0 Å². The molecule has 0 bridgehead atoms. The highest BCUT2D eigenvalue weighted by Crippen LogP contribution is 2.60. The minimum atomic E-state index is 0.480. The maximum absolute atomic E-state index is 4.58. The van der Waals surface area contributed by atoms with Crippen LogP contribution in [0.15, 0.2) is 18.2 Å². The Bertz CT molecular complexity index is 419. The van der Waals surface area contributed by atoms with E-state index in [4.69, 9.17) is 0 Å². The summed E-state index contributed by atoms with van der Waals surface area (Å²) in [6.45, 7) is 4.42.